The zero-order chi connectivity index (χ0) is 12.4. The van der Waals surface area contributed by atoms with Gasteiger partial charge in [0.1, 0.15) is 5.58 Å². The molecule has 3 rings (SSSR count). The van der Waals surface area contributed by atoms with E-state index in [1.807, 2.05) is 24.5 Å². The lowest BCUT2D eigenvalue weighted by Crippen LogP contribution is -2.23. The Hall–Kier alpha value is -1.48. The van der Waals surface area contributed by atoms with E-state index in [2.05, 4.69) is 4.90 Å². The number of hydrogen-bond acceptors (Lipinski definition) is 3. The first kappa shape index (κ1) is 11.6. The number of nitrogen functional groups attached to an aromatic ring is 1. The summed E-state index contributed by atoms with van der Waals surface area (Å²) in [6.45, 7) is 3.35. The summed E-state index contributed by atoms with van der Waals surface area (Å²) in [7, 11) is 0. The first-order valence-corrected chi connectivity index (χ1v) is 6.81. The van der Waals surface area contributed by atoms with Crippen molar-refractivity contribution in [3.8, 4) is 0 Å². The van der Waals surface area contributed by atoms with Crippen LogP contribution in [0, 0.1) is 0 Å². The van der Waals surface area contributed by atoms with Crippen molar-refractivity contribution in [3.05, 3.63) is 30.0 Å². The maximum absolute atomic E-state index is 6.06. The maximum atomic E-state index is 6.06. The number of likely N-dealkylation sites (tertiary alicyclic amines) is 1. The Balaban J connectivity index is 1.85. The zero-order valence-electron chi connectivity index (χ0n) is 10.7. The molecule has 18 heavy (non-hydrogen) atoms. The van der Waals surface area contributed by atoms with Crippen LogP contribution in [0.4, 0.5) is 5.69 Å². The van der Waals surface area contributed by atoms with Gasteiger partial charge in [-0.05, 0) is 38.1 Å². The fourth-order valence-electron chi connectivity index (χ4n) is 2.84. The number of benzene rings is 1. The van der Waals surface area contributed by atoms with Crippen LogP contribution in [0.15, 0.2) is 28.9 Å². The van der Waals surface area contributed by atoms with Gasteiger partial charge in [-0.2, -0.15) is 0 Å². The van der Waals surface area contributed by atoms with Crippen molar-refractivity contribution >= 4 is 16.7 Å². The number of rotatable bonds is 2. The molecule has 1 aromatic carbocycles. The third kappa shape index (κ3) is 2.23. The van der Waals surface area contributed by atoms with Crippen LogP contribution in [0.1, 0.15) is 31.2 Å². The highest BCUT2D eigenvalue weighted by atomic mass is 16.3. The van der Waals surface area contributed by atoms with Gasteiger partial charge >= 0.3 is 0 Å². The molecule has 2 aromatic rings. The second-order valence-electron chi connectivity index (χ2n) is 5.17. The lowest BCUT2D eigenvalue weighted by molar-refractivity contribution is 0.277. The molecule has 1 aliphatic rings. The van der Waals surface area contributed by atoms with Gasteiger partial charge in [0.05, 0.1) is 6.26 Å². The van der Waals surface area contributed by atoms with Crippen LogP contribution in [-0.4, -0.2) is 18.0 Å². The molecule has 3 nitrogen and oxygen atoms in total. The first-order chi connectivity index (χ1) is 8.84. The molecule has 96 valence electrons. The zero-order valence-corrected chi connectivity index (χ0v) is 10.7. The minimum atomic E-state index is 0.825. The first-order valence-electron chi connectivity index (χ1n) is 6.81. The molecule has 0 atom stereocenters. The lowest BCUT2D eigenvalue weighted by Gasteiger charge is -2.18. The molecular formula is C15H20N2O. The molecule has 1 saturated heterocycles. The second-order valence-corrected chi connectivity index (χ2v) is 5.17. The molecule has 1 aromatic heterocycles. The van der Waals surface area contributed by atoms with Gasteiger partial charge in [0, 0.05) is 23.2 Å². The Kier molecular flexibility index (Phi) is 3.24. The molecule has 3 heteroatoms. The molecule has 0 spiro atoms. The Morgan fingerprint density at radius 1 is 1.11 bits per heavy atom. The number of furan rings is 1. The molecule has 2 heterocycles. The summed E-state index contributed by atoms with van der Waals surface area (Å²) in [6, 6.07) is 5.87. The van der Waals surface area contributed by atoms with E-state index in [1.165, 1.54) is 44.3 Å². The molecule has 1 fully saturated rings. The van der Waals surface area contributed by atoms with Crippen molar-refractivity contribution < 1.29 is 4.42 Å². The summed E-state index contributed by atoms with van der Waals surface area (Å²) in [5, 5.41) is 1.10. The third-order valence-corrected chi connectivity index (χ3v) is 3.80. The van der Waals surface area contributed by atoms with Crippen molar-refractivity contribution in [3.63, 3.8) is 0 Å². The van der Waals surface area contributed by atoms with Gasteiger partial charge in [-0.3, -0.25) is 4.90 Å². The minimum Gasteiger partial charge on any atom is -0.464 e. The Labute approximate surface area is 108 Å². The molecule has 1 aliphatic heterocycles. The summed E-state index contributed by atoms with van der Waals surface area (Å²) in [5.74, 6) is 0. The van der Waals surface area contributed by atoms with Crippen molar-refractivity contribution in [1.29, 1.82) is 0 Å². The topological polar surface area (TPSA) is 42.4 Å². The molecule has 0 bridgehead atoms. The predicted molar refractivity (Wildman–Crippen MR) is 74.4 cm³/mol. The minimum absolute atomic E-state index is 0.825. The fourth-order valence-corrected chi connectivity index (χ4v) is 2.84. The Morgan fingerprint density at radius 3 is 2.67 bits per heavy atom. The fraction of sp³-hybridized carbons (Fsp3) is 0.467. The van der Waals surface area contributed by atoms with Crippen molar-refractivity contribution in [2.45, 2.75) is 32.2 Å². The predicted octanol–water partition coefficient (Wildman–Crippen LogP) is 3.39. The summed E-state index contributed by atoms with van der Waals surface area (Å²) in [5.41, 5.74) is 9.01. The number of hydrogen-bond donors (Lipinski definition) is 1. The maximum Gasteiger partial charge on any atom is 0.136 e. The quantitative estimate of drug-likeness (QED) is 0.823. The molecule has 0 radical (unpaired) electrons. The second kappa shape index (κ2) is 5.02. The summed E-state index contributed by atoms with van der Waals surface area (Å²) in [4.78, 5) is 2.52. The number of fused-ring (bicyclic) bond motifs is 1. The van der Waals surface area contributed by atoms with Crippen molar-refractivity contribution in [2.75, 3.05) is 18.8 Å². The van der Waals surface area contributed by atoms with Crippen LogP contribution < -0.4 is 5.73 Å². The lowest BCUT2D eigenvalue weighted by atomic mass is 10.1. The van der Waals surface area contributed by atoms with Gasteiger partial charge < -0.3 is 10.2 Å². The van der Waals surface area contributed by atoms with Gasteiger partial charge in [-0.15, -0.1) is 0 Å². The highest BCUT2D eigenvalue weighted by Crippen LogP contribution is 2.28. The van der Waals surface area contributed by atoms with E-state index < -0.39 is 0 Å². The van der Waals surface area contributed by atoms with Crippen LogP contribution in [0.25, 0.3) is 11.0 Å². The third-order valence-electron chi connectivity index (χ3n) is 3.80. The van der Waals surface area contributed by atoms with E-state index in [4.69, 9.17) is 10.2 Å². The highest BCUT2D eigenvalue weighted by Gasteiger charge is 2.14. The number of nitrogens with two attached hydrogens (primary N) is 1. The van der Waals surface area contributed by atoms with Gasteiger partial charge in [0.25, 0.3) is 0 Å². The molecule has 0 unspecified atom stereocenters. The number of anilines is 1. The van der Waals surface area contributed by atoms with E-state index in [1.54, 1.807) is 0 Å². The Bertz CT molecular complexity index is 524. The van der Waals surface area contributed by atoms with E-state index in [-0.39, 0.29) is 0 Å². The van der Waals surface area contributed by atoms with Gasteiger partial charge in [-0.25, -0.2) is 0 Å². The van der Waals surface area contributed by atoms with E-state index >= 15 is 0 Å². The molecular weight excluding hydrogens is 224 g/mol. The average Bonchev–Trinajstić information content (AvgIpc) is 2.60. The average molecular weight is 244 g/mol. The normalized spacial score (nSPS) is 18.0. The molecule has 2 N–H and O–H groups in total. The summed E-state index contributed by atoms with van der Waals surface area (Å²) < 4.78 is 5.60. The standard InChI is InChI=1S/C15H20N2O/c16-13-6-5-7-14-15(13)12(11-18-14)10-17-8-3-1-2-4-9-17/h5-7,11H,1-4,8-10,16H2. The summed E-state index contributed by atoms with van der Waals surface area (Å²) in [6.07, 6.45) is 7.22. The molecule has 0 amide bonds. The van der Waals surface area contributed by atoms with E-state index in [0.717, 1.165) is 23.2 Å². The van der Waals surface area contributed by atoms with E-state index in [0.29, 0.717) is 0 Å². The van der Waals surface area contributed by atoms with Gasteiger partial charge in [0.15, 0.2) is 0 Å². The SMILES string of the molecule is Nc1cccc2occ(CN3CCCCCC3)c12. The van der Waals surface area contributed by atoms with Gasteiger partial charge in [0.2, 0.25) is 0 Å². The smallest absolute Gasteiger partial charge is 0.136 e. The van der Waals surface area contributed by atoms with Crippen LogP contribution in [0.5, 0.6) is 0 Å². The molecule has 0 saturated carbocycles. The van der Waals surface area contributed by atoms with Crippen molar-refractivity contribution in [2.24, 2.45) is 0 Å². The van der Waals surface area contributed by atoms with Gasteiger partial charge in [-0.1, -0.05) is 18.9 Å². The monoisotopic (exact) mass is 244 g/mol. The van der Waals surface area contributed by atoms with Crippen LogP contribution in [0.2, 0.25) is 0 Å². The largest absolute Gasteiger partial charge is 0.464 e. The Morgan fingerprint density at radius 2 is 1.89 bits per heavy atom. The van der Waals surface area contributed by atoms with Crippen molar-refractivity contribution in [1.82, 2.24) is 4.90 Å². The summed E-state index contributed by atoms with van der Waals surface area (Å²) >= 11 is 0. The highest BCUT2D eigenvalue weighted by molar-refractivity contribution is 5.92. The van der Waals surface area contributed by atoms with Crippen LogP contribution >= 0.6 is 0 Å². The van der Waals surface area contributed by atoms with E-state index in [9.17, 15) is 0 Å². The van der Waals surface area contributed by atoms with Crippen LogP contribution in [-0.2, 0) is 6.54 Å². The molecule has 0 aliphatic carbocycles. The van der Waals surface area contributed by atoms with Crippen LogP contribution in [0.3, 0.4) is 0 Å². The number of nitrogens with zero attached hydrogens (tertiary/aromatic N) is 1.